The Morgan fingerprint density at radius 3 is 2.95 bits per heavy atom. The number of aryl methyl sites for hydroxylation is 2. The van der Waals surface area contributed by atoms with E-state index in [2.05, 4.69) is 10.4 Å². The maximum atomic E-state index is 12.4. The Hall–Kier alpha value is -1.85. The number of rotatable bonds is 2. The first-order valence-corrected chi connectivity index (χ1v) is 7.61. The summed E-state index contributed by atoms with van der Waals surface area (Å²) >= 11 is 0. The van der Waals surface area contributed by atoms with Gasteiger partial charge in [0, 0.05) is 31.2 Å². The lowest BCUT2D eigenvalue weighted by molar-refractivity contribution is -0.135. The first kappa shape index (κ1) is 14.1. The molecule has 0 aliphatic carbocycles. The van der Waals surface area contributed by atoms with Gasteiger partial charge in [-0.1, -0.05) is 0 Å². The SMILES string of the molecule is Cc1cc(C)n(CC(=O)N2CCC3NC(=O)CCC3C2)n1. The van der Waals surface area contributed by atoms with Crippen molar-refractivity contribution < 1.29 is 9.59 Å². The summed E-state index contributed by atoms with van der Waals surface area (Å²) in [5.41, 5.74) is 1.95. The van der Waals surface area contributed by atoms with Crippen LogP contribution in [0.25, 0.3) is 0 Å². The molecular formula is C15H22N4O2. The summed E-state index contributed by atoms with van der Waals surface area (Å²) in [6.07, 6.45) is 2.33. The molecule has 0 bridgehead atoms. The first-order valence-electron chi connectivity index (χ1n) is 7.61. The van der Waals surface area contributed by atoms with Crippen molar-refractivity contribution in [2.45, 2.75) is 45.7 Å². The quantitative estimate of drug-likeness (QED) is 0.868. The molecular weight excluding hydrogens is 268 g/mol. The highest BCUT2D eigenvalue weighted by Gasteiger charge is 2.35. The van der Waals surface area contributed by atoms with Crippen LogP contribution in [0, 0.1) is 19.8 Å². The molecule has 2 aliphatic heterocycles. The Morgan fingerprint density at radius 1 is 1.43 bits per heavy atom. The van der Waals surface area contributed by atoms with Crippen LogP contribution >= 0.6 is 0 Å². The van der Waals surface area contributed by atoms with E-state index < -0.39 is 0 Å². The van der Waals surface area contributed by atoms with Crippen molar-refractivity contribution in [3.05, 3.63) is 17.5 Å². The largest absolute Gasteiger partial charge is 0.353 e. The van der Waals surface area contributed by atoms with Crippen molar-refractivity contribution >= 4 is 11.8 Å². The fourth-order valence-corrected chi connectivity index (χ4v) is 3.40. The molecule has 21 heavy (non-hydrogen) atoms. The predicted molar refractivity (Wildman–Crippen MR) is 77.6 cm³/mol. The number of nitrogens with one attached hydrogen (secondary N) is 1. The topological polar surface area (TPSA) is 67.2 Å². The second kappa shape index (κ2) is 5.50. The van der Waals surface area contributed by atoms with E-state index in [1.165, 1.54) is 0 Å². The van der Waals surface area contributed by atoms with E-state index >= 15 is 0 Å². The monoisotopic (exact) mass is 290 g/mol. The minimum absolute atomic E-state index is 0.122. The van der Waals surface area contributed by atoms with Crippen LogP contribution in [0.5, 0.6) is 0 Å². The van der Waals surface area contributed by atoms with Gasteiger partial charge in [0.1, 0.15) is 6.54 Å². The Balaban J connectivity index is 1.61. The lowest BCUT2D eigenvalue weighted by Gasteiger charge is -2.41. The fraction of sp³-hybridized carbons (Fsp3) is 0.667. The van der Waals surface area contributed by atoms with Gasteiger partial charge in [0.05, 0.1) is 5.69 Å². The average molecular weight is 290 g/mol. The third-order valence-electron chi connectivity index (χ3n) is 4.56. The minimum atomic E-state index is 0.122. The molecule has 1 N–H and O–H groups in total. The number of carbonyl (C=O) groups is 2. The highest BCUT2D eigenvalue weighted by atomic mass is 16.2. The van der Waals surface area contributed by atoms with Crippen molar-refractivity contribution in [1.82, 2.24) is 20.0 Å². The van der Waals surface area contributed by atoms with Crippen molar-refractivity contribution in [2.24, 2.45) is 5.92 Å². The summed E-state index contributed by atoms with van der Waals surface area (Å²) in [4.78, 5) is 25.8. The van der Waals surface area contributed by atoms with Crippen molar-refractivity contribution in [3.8, 4) is 0 Å². The lowest BCUT2D eigenvalue weighted by Crippen LogP contribution is -2.55. The third kappa shape index (κ3) is 2.94. The number of hydrogen-bond donors (Lipinski definition) is 1. The highest BCUT2D eigenvalue weighted by Crippen LogP contribution is 2.25. The Kier molecular flexibility index (Phi) is 3.69. The molecule has 0 aromatic carbocycles. The lowest BCUT2D eigenvalue weighted by atomic mass is 9.85. The van der Waals surface area contributed by atoms with Gasteiger partial charge >= 0.3 is 0 Å². The third-order valence-corrected chi connectivity index (χ3v) is 4.56. The molecule has 0 radical (unpaired) electrons. The molecule has 6 heteroatoms. The molecule has 2 amide bonds. The van der Waals surface area contributed by atoms with Gasteiger partial charge in [0.2, 0.25) is 11.8 Å². The fourth-order valence-electron chi connectivity index (χ4n) is 3.40. The van der Waals surface area contributed by atoms with Gasteiger partial charge in [0.25, 0.3) is 0 Å². The molecule has 2 unspecified atom stereocenters. The molecule has 2 aliphatic rings. The van der Waals surface area contributed by atoms with E-state index in [9.17, 15) is 9.59 Å². The summed E-state index contributed by atoms with van der Waals surface area (Å²) < 4.78 is 1.77. The number of piperidine rings is 2. The summed E-state index contributed by atoms with van der Waals surface area (Å²) in [5, 5.41) is 7.39. The van der Waals surface area contributed by atoms with E-state index in [-0.39, 0.29) is 17.9 Å². The van der Waals surface area contributed by atoms with Crippen LogP contribution < -0.4 is 5.32 Å². The van der Waals surface area contributed by atoms with Gasteiger partial charge in [-0.15, -0.1) is 0 Å². The van der Waals surface area contributed by atoms with Gasteiger partial charge < -0.3 is 10.2 Å². The van der Waals surface area contributed by atoms with E-state index in [4.69, 9.17) is 0 Å². The van der Waals surface area contributed by atoms with E-state index in [1.807, 2.05) is 24.8 Å². The van der Waals surface area contributed by atoms with Gasteiger partial charge in [-0.3, -0.25) is 14.3 Å². The molecule has 3 heterocycles. The van der Waals surface area contributed by atoms with Crippen LogP contribution in [0.3, 0.4) is 0 Å². The number of carbonyl (C=O) groups excluding carboxylic acids is 2. The molecule has 2 atom stereocenters. The van der Waals surface area contributed by atoms with Gasteiger partial charge in [0.15, 0.2) is 0 Å². The van der Waals surface area contributed by atoms with Crippen LogP contribution in [-0.4, -0.2) is 45.6 Å². The zero-order valence-electron chi connectivity index (χ0n) is 12.6. The molecule has 0 saturated carbocycles. The Bertz CT molecular complexity index is 566. The molecule has 6 nitrogen and oxygen atoms in total. The molecule has 1 aromatic rings. The van der Waals surface area contributed by atoms with E-state index in [0.29, 0.717) is 18.9 Å². The molecule has 0 spiro atoms. The summed E-state index contributed by atoms with van der Waals surface area (Å²) in [7, 11) is 0. The summed E-state index contributed by atoms with van der Waals surface area (Å²) in [6.45, 7) is 5.69. The summed E-state index contributed by atoms with van der Waals surface area (Å²) in [5.74, 6) is 0.677. The molecule has 2 fully saturated rings. The zero-order valence-corrected chi connectivity index (χ0v) is 12.6. The standard InChI is InChI=1S/C15H22N4O2/c1-10-7-11(2)19(17-10)9-15(21)18-6-5-13-12(8-18)3-4-14(20)16-13/h7,12-13H,3-6,8-9H2,1-2H3,(H,16,20). The number of amides is 2. The Labute approximate surface area is 124 Å². The second-order valence-electron chi connectivity index (χ2n) is 6.19. The van der Waals surface area contributed by atoms with Crippen LogP contribution in [0.1, 0.15) is 30.7 Å². The zero-order chi connectivity index (χ0) is 15.0. The van der Waals surface area contributed by atoms with Gasteiger partial charge in [-0.05, 0) is 38.7 Å². The van der Waals surface area contributed by atoms with E-state index in [0.717, 1.165) is 37.3 Å². The molecule has 3 rings (SSSR count). The number of likely N-dealkylation sites (tertiary alicyclic amines) is 1. The highest BCUT2D eigenvalue weighted by molar-refractivity contribution is 5.78. The Morgan fingerprint density at radius 2 is 2.24 bits per heavy atom. The minimum Gasteiger partial charge on any atom is -0.353 e. The van der Waals surface area contributed by atoms with Crippen molar-refractivity contribution in [2.75, 3.05) is 13.1 Å². The van der Waals surface area contributed by atoms with Crippen LogP contribution in [0.2, 0.25) is 0 Å². The van der Waals surface area contributed by atoms with Crippen LogP contribution in [0.15, 0.2) is 6.07 Å². The maximum absolute atomic E-state index is 12.4. The first-order chi connectivity index (χ1) is 10.0. The smallest absolute Gasteiger partial charge is 0.244 e. The van der Waals surface area contributed by atoms with Gasteiger partial charge in [-0.2, -0.15) is 5.10 Å². The van der Waals surface area contributed by atoms with Crippen LogP contribution in [0.4, 0.5) is 0 Å². The molecule has 1 aromatic heterocycles. The number of fused-ring (bicyclic) bond motifs is 1. The number of nitrogens with zero attached hydrogens (tertiary/aromatic N) is 3. The average Bonchev–Trinajstić information content (AvgIpc) is 2.76. The van der Waals surface area contributed by atoms with Crippen molar-refractivity contribution in [3.63, 3.8) is 0 Å². The second-order valence-corrected chi connectivity index (χ2v) is 6.19. The van der Waals surface area contributed by atoms with Crippen molar-refractivity contribution in [1.29, 1.82) is 0 Å². The number of hydrogen-bond acceptors (Lipinski definition) is 3. The summed E-state index contributed by atoms with van der Waals surface area (Å²) in [6, 6.07) is 2.24. The molecule has 2 saturated heterocycles. The predicted octanol–water partition coefficient (Wildman–Crippen LogP) is 0.627. The molecule has 114 valence electrons. The normalized spacial score (nSPS) is 25.4. The van der Waals surface area contributed by atoms with E-state index in [1.54, 1.807) is 4.68 Å². The maximum Gasteiger partial charge on any atom is 0.244 e. The number of aromatic nitrogens is 2. The van der Waals surface area contributed by atoms with Gasteiger partial charge in [-0.25, -0.2) is 0 Å². The van der Waals surface area contributed by atoms with Crippen LogP contribution in [-0.2, 0) is 16.1 Å².